The molecule has 4 nitrogen and oxygen atoms in total. The van der Waals surface area contributed by atoms with Gasteiger partial charge in [0.25, 0.3) is 0 Å². The third-order valence-corrected chi connectivity index (χ3v) is 8.35. The van der Waals surface area contributed by atoms with E-state index in [2.05, 4.69) is 31.9 Å². The van der Waals surface area contributed by atoms with Crippen molar-refractivity contribution >= 4 is 55.0 Å². The van der Waals surface area contributed by atoms with E-state index in [0.717, 1.165) is 6.42 Å². The second kappa shape index (κ2) is 4.56. The van der Waals surface area contributed by atoms with E-state index in [9.17, 15) is 9.59 Å². The molecular formula is C15H14Br2N2O2. The molecule has 2 aliphatic carbocycles. The molecule has 0 radical (unpaired) electrons. The number of nitrogen functional groups attached to an aromatic ring is 1. The van der Waals surface area contributed by atoms with Crippen LogP contribution in [0.2, 0.25) is 0 Å². The van der Waals surface area contributed by atoms with Crippen molar-refractivity contribution in [1.82, 2.24) is 0 Å². The van der Waals surface area contributed by atoms with Gasteiger partial charge in [-0.3, -0.25) is 14.5 Å². The molecule has 3 fully saturated rings. The van der Waals surface area contributed by atoms with Crippen LogP contribution in [-0.4, -0.2) is 21.5 Å². The molecule has 2 saturated carbocycles. The fourth-order valence-corrected chi connectivity index (χ4v) is 6.10. The molecule has 1 aliphatic heterocycles. The van der Waals surface area contributed by atoms with Crippen LogP contribution < -0.4 is 10.6 Å². The number of rotatable bonds is 1. The largest absolute Gasteiger partial charge is 0.399 e. The molecule has 6 atom stereocenters. The van der Waals surface area contributed by atoms with Crippen molar-refractivity contribution in [1.29, 1.82) is 0 Å². The van der Waals surface area contributed by atoms with E-state index in [-0.39, 0.29) is 45.1 Å². The summed E-state index contributed by atoms with van der Waals surface area (Å²) in [5.41, 5.74) is 6.93. The van der Waals surface area contributed by atoms with Gasteiger partial charge in [0.05, 0.1) is 17.5 Å². The molecule has 2 bridgehead atoms. The van der Waals surface area contributed by atoms with Gasteiger partial charge in [0.2, 0.25) is 11.8 Å². The lowest BCUT2D eigenvalue weighted by Crippen LogP contribution is -2.37. The van der Waals surface area contributed by atoms with Gasteiger partial charge in [0, 0.05) is 15.3 Å². The number of halogens is 2. The molecule has 0 unspecified atom stereocenters. The zero-order valence-corrected chi connectivity index (χ0v) is 14.2. The molecule has 4 rings (SSSR count). The first-order valence-corrected chi connectivity index (χ1v) is 8.85. The van der Waals surface area contributed by atoms with Crippen LogP contribution in [0.25, 0.3) is 0 Å². The van der Waals surface area contributed by atoms with Crippen LogP contribution >= 0.6 is 31.9 Å². The summed E-state index contributed by atoms with van der Waals surface area (Å²) in [6.45, 7) is 0. The zero-order valence-electron chi connectivity index (χ0n) is 11.1. The average molecular weight is 414 g/mol. The lowest BCUT2D eigenvalue weighted by molar-refractivity contribution is -0.123. The number of benzene rings is 1. The molecule has 0 spiro atoms. The molecule has 110 valence electrons. The minimum atomic E-state index is -0.168. The van der Waals surface area contributed by atoms with Gasteiger partial charge in [0.1, 0.15) is 0 Å². The van der Waals surface area contributed by atoms with Gasteiger partial charge in [-0.1, -0.05) is 31.9 Å². The predicted molar refractivity (Wildman–Crippen MR) is 87.4 cm³/mol. The smallest absolute Gasteiger partial charge is 0.238 e. The third kappa shape index (κ3) is 1.72. The molecular weight excluding hydrogens is 400 g/mol. The minimum Gasteiger partial charge on any atom is -0.399 e. The summed E-state index contributed by atoms with van der Waals surface area (Å²) in [6.07, 6.45) is 0.953. The maximum absolute atomic E-state index is 12.8. The standard InChI is InChI=1S/C15H14Br2N2O2/c16-12-8-5-9(13(12)17)11-10(8)14(20)19(15(11)21)7-3-1-6(18)2-4-7/h1-4,8-13H,5,18H2/t8-,9-,10-,11-,12-,13+/m1/s1. The van der Waals surface area contributed by atoms with Crippen molar-refractivity contribution in [3.05, 3.63) is 24.3 Å². The Morgan fingerprint density at radius 2 is 1.43 bits per heavy atom. The highest BCUT2D eigenvalue weighted by molar-refractivity contribution is 9.12. The van der Waals surface area contributed by atoms with Gasteiger partial charge in [0.15, 0.2) is 0 Å². The summed E-state index contributed by atoms with van der Waals surface area (Å²) >= 11 is 7.37. The Hall–Kier alpha value is -0.880. The van der Waals surface area contributed by atoms with Gasteiger partial charge in [-0.2, -0.15) is 0 Å². The van der Waals surface area contributed by atoms with Crippen LogP contribution in [0.4, 0.5) is 11.4 Å². The SMILES string of the molecule is Nc1ccc(N2C(=O)[C@@H]3[C@H]4C[C@@H]([C@@H](Br)[C@H]4Br)[C@H]3C2=O)cc1. The molecule has 2 amide bonds. The van der Waals surface area contributed by atoms with E-state index in [4.69, 9.17) is 5.73 Å². The molecule has 0 aromatic heterocycles. The van der Waals surface area contributed by atoms with Gasteiger partial charge in [-0.15, -0.1) is 0 Å². The molecule has 6 heteroatoms. The summed E-state index contributed by atoms with van der Waals surface area (Å²) in [6, 6.07) is 6.93. The third-order valence-electron chi connectivity index (χ3n) is 5.14. The zero-order chi connectivity index (χ0) is 14.9. The van der Waals surface area contributed by atoms with Gasteiger partial charge in [-0.25, -0.2) is 0 Å². The van der Waals surface area contributed by atoms with Gasteiger partial charge < -0.3 is 5.73 Å². The minimum absolute atomic E-state index is 0.0499. The summed E-state index contributed by atoms with van der Waals surface area (Å²) < 4.78 is 0. The van der Waals surface area contributed by atoms with Crippen LogP contribution in [0.3, 0.4) is 0 Å². The van der Waals surface area contributed by atoms with Crippen molar-refractivity contribution in [2.24, 2.45) is 23.7 Å². The summed E-state index contributed by atoms with van der Waals surface area (Å²) in [5, 5.41) is 0. The number of carbonyl (C=O) groups is 2. The number of nitrogens with two attached hydrogens (primary N) is 1. The van der Waals surface area contributed by atoms with Crippen molar-refractivity contribution < 1.29 is 9.59 Å². The topological polar surface area (TPSA) is 63.4 Å². The highest BCUT2D eigenvalue weighted by atomic mass is 79.9. The van der Waals surface area contributed by atoms with E-state index in [1.165, 1.54) is 4.90 Å². The van der Waals surface area contributed by atoms with E-state index >= 15 is 0 Å². The Morgan fingerprint density at radius 3 is 1.90 bits per heavy atom. The molecule has 1 heterocycles. The Labute approximate surface area is 139 Å². The van der Waals surface area contributed by atoms with E-state index in [1.807, 2.05) is 0 Å². The number of imide groups is 1. The van der Waals surface area contributed by atoms with E-state index in [0.29, 0.717) is 11.4 Å². The number of hydrogen-bond donors (Lipinski definition) is 1. The number of amides is 2. The number of carbonyl (C=O) groups excluding carboxylic acids is 2. The average Bonchev–Trinajstić information content (AvgIpc) is 3.06. The Balaban J connectivity index is 1.73. The van der Waals surface area contributed by atoms with Gasteiger partial charge >= 0.3 is 0 Å². The molecule has 1 aromatic carbocycles. The van der Waals surface area contributed by atoms with Crippen LogP contribution in [0, 0.1) is 23.7 Å². The van der Waals surface area contributed by atoms with E-state index in [1.54, 1.807) is 24.3 Å². The Bertz CT molecular complexity index is 601. The maximum atomic E-state index is 12.8. The first kappa shape index (κ1) is 13.8. The van der Waals surface area contributed by atoms with Gasteiger partial charge in [-0.05, 0) is 42.5 Å². The predicted octanol–water partition coefficient (Wildman–Crippen LogP) is 2.55. The maximum Gasteiger partial charge on any atom is 0.238 e. The molecule has 1 aromatic rings. The normalized spacial score (nSPS) is 41.0. The highest BCUT2D eigenvalue weighted by Crippen LogP contribution is 2.60. The monoisotopic (exact) mass is 412 g/mol. The summed E-state index contributed by atoms with van der Waals surface area (Å²) in [4.78, 5) is 27.4. The van der Waals surface area contributed by atoms with Crippen LogP contribution in [-0.2, 0) is 9.59 Å². The van der Waals surface area contributed by atoms with Crippen LogP contribution in [0.1, 0.15) is 6.42 Å². The lowest BCUT2D eigenvalue weighted by Gasteiger charge is -2.28. The number of anilines is 2. The number of hydrogen-bond acceptors (Lipinski definition) is 3. The van der Waals surface area contributed by atoms with E-state index < -0.39 is 0 Å². The number of fused-ring (bicyclic) bond motifs is 5. The molecule has 2 N–H and O–H groups in total. The second-order valence-electron chi connectivity index (χ2n) is 6.11. The van der Waals surface area contributed by atoms with Crippen LogP contribution in [0.5, 0.6) is 0 Å². The van der Waals surface area contributed by atoms with Crippen LogP contribution in [0.15, 0.2) is 24.3 Å². The molecule has 1 saturated heterocycles. The fourth-order valence-electron chi connectivity index (χ4n) is 4.23. The van der Waals surface area contributed by atoms with Crippen molar-refractivity contribution in [3.8, 4) is 0 Å². The first-order valence-electron chi connectivity index (χ1n) is 7.02. The Kier molecular flexibility index (Phi) is 2.99. The summed E-state index contributed by atoms with van der Waals surface area (Å²) in [5.74, 6) is 0.0629. The van der Waals surface area contributed by atoms with Crippen molar-refractivity contribution in [3.63, 3.8) is 0 Å². The lowest BCUT2D eigenvalue weighted by atomic mass is 9.81. The number of alkyl halides is 2. The second-order valence-corrected chi connectivity index (χ2v) is 8.22. The summed E-state index contributed by atoms with van der Waals surface area (Å²) in [7, 11) is 0. The quantitative estimate of drug-likeness (QED) is 0.437. The van der Waals surface area contributed by atoms with Crippen molar-refractivity contribution in [2.75, 3.05) is 10.6 Å². The first-order chi connectivity index (χ1) is 10.0. The van der Waals surface area contributed by atoms with Crippen molar-refractivity contribution in [2.45, 2.75) is 16.1 Å². The fraction of sp³-hybridized carbons (Fsp3) is 0.467. The Morgan fingerprint density at radius 1 is 0.952 bits per heavy atom. The highest BCUT2D eigenvalue weighted by Gasteiger charge is 2.66. The number of nitrogens with zero attached hydrogens (tertiary/aromatic N) is 1. The molecule has 21 heavy (non-hydrogen) atoms. The molecule has 3 aliphatic rings.